The molecule has 0 saturated heterocycles. The minimum Gasteiger partial charge on any atom is -0.462 e. The second kappa shape index (κ2) is 5.86. The van der Waals surface area contributed by atoms with Crippen LogP contribution in [0.4, 0.5) is 19.1 Å². The summed E-state index contributed by atoms with van der Waals surface area (Å²) in [7, 11) is 0. The summed E-state index contributed by atoms with van der Waals surface area (Å²) in [6.45, 7) is 1.83. The number of nitrogens with one attached hydrogen (secondary N) is 2. The zero-order valence-corrected chi connectivity index (χ0v) is 13.0. The van der Waals surface area contributed by atoms with E-state index in [-0.39, 0.29) is 12.4 Å². The number of fused-ring (bicyclic) bond motifs is 1. The van der Waals surface area contributed by atoms with Crippen molar-refractivity contribution in [2.24, 2.45) is 0 Å². The molecule has 3 rings (SSSR count). The third-order valence-corrected chi connectivity index (χ3v) is 3.91. The number of anilines is 1. The lowest BCUT2D eigenvalue weighted by Gasteiger charge is -2.03. The molecular formula is C15H11ClF3N3O2. The van der Waals surface area contributed by atoms with Crippen LogP contribution < -0.4 is 5.32 Å². The van der Waals surface area contributed by atoms with Crippen molar-refractivity contribution in [3.8, 4) is 0 Å². The number of carbonyl (C=O) groups is 1. The number of furan rings is 1. The van der Waals surface area contributed by atoms with Gasteiger partial charge in [-0.25, -0.2) is 4.98 Å². The first kappa shape index (κ1) is 16.4. The van der Waals surface area contributed by atoms with Gasteiger partial charge in [0.25, 0.3) is 0 Å². The van der Waals surface area contributed by atoms with Crippen molar-refractivity contribution in [1.29, 1.82) is 0 Å². The molecule has 5 nitrogen and oxygen atoms in total. The van der Waals surface area contributed by atoms with Crippen LogP contribution in [0.2, 0.25) is 5.02 Å². The highest BCUT2D eigenvalue weighted by atomic mass is 35.5. The summed E-state index contributed by atoms with van der Waals surface area (Å²) in [5.74, 6) is -0.800. The number of aromatic nitrogens is 2. The van der Waals surface area contributed by atoms with E-state index in [0.29, 0.717) is 27.8 Å². The second-order valence-corrected chi connectivity index (χ2v) is 5.58. The van der Waals surface area contributed by atoms with Gasteiger partial charge in [0, 0.05) is 10.9 Å². The Balaban J connectivity index is 1.76. The second-order valence-electron chi connectivity index (χ2n) is 5.20. The summed E-state index contributed by atoms with van der Waals surface area (Å²) in [4.78, 5) is 17.5. The average Bonchev–Trinajstić information content (AvgIpc) is 3.10. The quantitative estimate of drug-likeness (QED) is 0.733. The van der Waals surface area contributed by atoms with Gasteiger partial charge in [0.15, 0.2) is 5.58 Å². The first-order valence-electron chi connectivity index (χ1n) is 6.83. The van der Waals surface area contributed by atoms with Gasteiger partial charge in [0.2, 0.25) is 11.9 Å². The van der Waals surface area contributed by atoms with Gasteiger partial charge in [-0.05, 0) is 12.5 Å². The third kappa shape index (κ3) is 3.09. The predicted molar refractivity (Wildman–Crippen MR) is 81.9 cm³/mol. The Bertz CT molecular complexity index is 914. The SMILES string of the molecule is Cc1ccc2c(CC(=O)Nc3ncc(C(F)(F)F)[nH]3)coc2c1Cl. The minimum atomic E-state index is -4.55. The van der Waals surface area contributed by atoms with E-state index >= 15 is 0 Å². The Morgan fingerprint density at radius 1 is 1.42 bits per heavy atom. The molecule has 3 aromatic rings. The molecule has 0 aliphatic rings. The number of alkyl halides is 3. The molecule has 1 amide bonds. The van der Waals surface area contributed by atoms with E-state index in [2.05, 4.69) is 10.3 Å². The van der Waals surface area contributed by atoms with Crippen molar-refractivity contribution >= 4 is 34.4 Å². The molecule has 0 saturated carbocycles. The molecule has 0 aliphatic heterocycles. The number of aryl methyl sites for hydroxylation is 1. The number of nitrogens with zero attached hydrogens (tertiary/aromatic N) is 1. The number of rotatable bonds is 3. The predicted octanol–water partition coefficient (Wildman–Crippen LogP) is 4.32. The lowest BCUT2D eigenvalue weighted by Crippen LogP contribution is -2.15. The van der Waals surface area contributed by atoms with Gasteiger partial charge in [-0.2, -0.15) is 13.2 Å². The molecule has 2 aromatic heterocycles. The molecule has 0 bridgehead atoms. The van der Waals surface area contributed by atoms with Crippen molar-refractivity contribution in [3.05, 3.63) is 46.4 Å². The zero-order valence-electron chi connectivity index (χ0n) is 12.3. The third-order valence-electron chi connectivity index (χ3n) is 3.45. The first-order valence-corrected chi connectivity index (χ1v) is 7.20. The van der Waals surface area contributed by atoms with E-state index in [1.807, 2.05) is 11.9 Å². The number of aromatic amines is 1. The van der Waals surface area contributed by atoms with Crippen LogP contribution >= 0.6 is 11.6 Å². The number of H-pyrrole nitrogens is 1. The number of carbonyl (C=O) groups excluding carboxylic acids is 1. The van der Waals surface area contributed by atoms with E-state index in [4.69, 9.17) is 16.0 Å². The van der Waals surface area contributed by atoms with Crippen LogP contribution in [0.15, 0.2) is 29.0 Å². The molecule has 9 heteroatoms. The van der Waals surface area contributed by atoms with E-state index in [9.17, 15) is 18.0 Å². The lowest BCUT2D eigenvalue weighted by molar-refractivity contribution is -0.140. The maximum absolute atomic E-state index is 12.5. The molecule has 1 aromatic carbocycles. The molecule has 0 aliphatic carbocycles. The van der Waals surface area contributed by atoms with Crippen LogP contribution in [-0.2, 0) is 17.4 Å². The van der Waals surface area contributed by atoms with Gasteiger partial charge in [-0.1, -0.05) is 23.7 Å². The first-order chi connectivity index (χ1) is 11.3. The number of imidazole rings is 1. The van der Waals surface area contributed by atoms with Crippen LogP contribution in [-0.4, -0.2) is 15.9 Å². The molecule has 0 unspecified atom stereocenters. The molecule has 0 radical (unpaired) electrons. The number of hydrogen-bond donors (Lipinski definition) is 2. The van der Waals surface area contributed by atoms with Crippen molar-refractivity contribution in [1.82, 2.24) is 9.97 Å². The van der Waals surface area contributed by atoms with Crippen LogP contribution in [0.3, 0.4) is 0 Å². The molecule has 0 fully saturated rings. The van der Waals surface area contributed by atoms with Crippen LogP contribution in [0, 0.1) is 6.92 Å². The molecule has 2 N–H and O–H groups in total. The lowest BCUT2D eigenvalue weighted by atomic mass is 10.1. The van der Waals surface area contributed by atoms with E-state index in [1.165, 1.54) is 6.26 Å². The number of hydrogen-bond acceptors (Lipinski definition) is 3. The fourth-order valence-corrected chi connectivity index (χ4v) is 2.44. The van der Waals surface area contributed by atoms with Crippen molar-refractivity contribution in [2.75, 3.05) is 5.32 Å². The molecule has 0 spiro atoms. The smallest absolute Gasteiger partial charge is 0.432 e. The van der Waals surface area contributed by atoms with Gasteiger partial charge in [0.05, 0.1) is 23.9 Å². The summed E-state index contributed by atoms with van der Waals surface area (Å²) in [6.07, 6.45) is -2.62. The van der Waals surface area contributed by atoms with E-state index in [0.717, 1.165) is 5.56 Å². The van der Waals surface area contributed by atoms with E-state index < -0.39 is 17.8 Å². The minimum absolute atomic E-state index is 0.0888. The molecule has 2 heterocycles. The normalized spacial score (nSPS) is 11.9. The number of halogens is 4. The highest BCUT2D eigenvalue weighted by Gasteiger charge is 2.33. The van der Waals surface area contributed by atoms with Gasteiger partial charge in [-0.3, -0.25) is 10.1 Å². The Hall–Kier alpha value is -2.48. The van der Waals surface area contributed by atoms with Crippen molar-refractivity contribution < 1.29 is 22.4 Å². The molecule has 126 valence electrons. The average molecular weight is 358 g/mol. The highest BCUT2D eigenvalue weighted by molar-refractivity contribution is 6.35. The molecule has 24 heavy (non-hydrogen) atoms. The number of benzene rings is 1. The monoisotopic (exact) mass is 357 g/mol. The van der Waals surface area contributed by atoms with Crippen LogP contribution in [0.25, 0.3) is 11.0 Å². The Morgan fingerprint density at radius 3 is 2.83 bits per heavy atom. The van der Waals surface area contributed by atoms with Crippen molar-refractivity contribution in [2.45, 2.75) is 19.5 Å². The molecular weight excluding hydrogens is 347 g/mol. The topological polar surface area (TPSA) is 70.9 Å². The Kier molecular flexibility index (Phi) is 4.00. The summed E-state index contributed by atoms with van der Waals surface area (Å²) in [5, 5.41) is 3.42. The fraction of sp³-hybridized carbons (Fsp3) is 0.200. The molecule has 0 atom stereocenters. The fourth-order valence-electron chi connectivity index (χ4n) is 2.23. The van der Waals surface area contributed by atoms with Gasteiger partial charge >= 0.3 is 6.18 Å². The van der Waals surface area contributed by atoms with E-state index in [1.54, 1.807) is 12.1 Å². The van der Waals surface area contributed by atoms with Crippen LogP contribution in [0.1, 0.15) is 16.8 Å². The van der Waals surface area contributed by atoms with Crippen molar-refractivity contribution in [3.63, 3.8) is 0 Å². The summed E-state index contributed by atoms with van der Waals surface area (Å²) >= 11 is 6.14. The summed E-state index contributed by atoms with van der Waals surface area (Å²) in [5.41, 5.74) is 0.849. The van der Waals surface area contributed by atoms with Gasteiger partial charge in [-0.15, -0.1) is 0 Å². The van der Waals surface area contributed by atoms with Crippen LogP contribution in [0.5, 0.6) is 0 Å². The standard InChI is InChI=1S/C15H11ClF3N3O2/c1-7-2-3-9-8(6-24-13(9)12(7)16)4-11(23)22-14-20-5-10(21-14)15(17,18)19/h2-3,5-6H,4H2,1H3,(H2,20,21,22,23). The Labute approximate surface area is 138 Å². The number of amides is 1. The van der Waals surface area contributed by atoms with Gasteiger partial charge in [0.1, 0.15) is 5.69 Å². The summed E-state index contributed by atoms with van der Waals surface area (Å²) in [6, 6.07) is 3.57. The Morgan fingerprint density at radius 2 is 2.17 bits per heavy atom. The van der Waals surface area contributed by atoms with Gasteiger partial charge < -0.3 is 9.40 Å². The highest BCUT2D eigenvalue weighted by Crippen LogP contribution is 2.31. The maximum atomic E-state index is 12.5. The summed E-state index contributed by atoms with van der Waals surface area (Å²) < 4.78 is 42.8. The maximum Gasteiger partial charge on any atom is 0.432 e. The zero-order chi connectivity index (χ0) is 17.5. The largest absolute Gasteiger partial charge is 0.462 e.